The van der Waals surface area contributed by atoms with Crippen molar-refractivity contribution in [3.05, 3.63) is 18.2 Å². The summed E-state index contributed by atoms with van der Waals surface area (Å²) >= 11 is 0. The molecule has 0 aliphatic carbocycles. The van der Waals surface area contributed by atoms with Gasteiger partial charge in [-0.2, -0.15) is 4.31 Å². The van der Waals surface area contributed by atoms with Crippen LogP contribution in [0.25, 0.3) is 0 Å². The highest BCUT2D eigenvalue weighted by Crippen LogP contribution is 2.39. The SMILES string of the molecule is CCN(CC)S(=O)(=O)c1ccc(O)c(NC(=O)CCCCC2CCSS2)c1. The Morgan fingerprint density at radius 1 is 1.30 bits per heavy atom. The number of sulfonamides is 1. The van der Waals surface area contributed by atoms with Crippen LogP contribution in [-0.4, -0.2) is 47.8 Å². The number of phenols is 1. The Hall–Kier alpha value is -0.900. The Balaban J connectivity index is 1.94. The Kier molecular flexibility index (Phi) is 8.78. The van der Waals surface area contributed by atoms with Crippen LogP contribution in [0.4, 0.5) is 5.69 Å². The minimum Gasteiger partial charge on any atom is -0.506 e. The number of aromatic hydroxyl groups is 1. The Morgan fingerprint density at radius 3 is 2.67 bits per heavy atom. The van der Waals surface area contributed by atoms with Gasteiger partial charge in [-0.3, -0.25) is 4.79 Å². The standard InChI is InChI=1S/C18H28N2O4S3/c1-3-20(4-2)27(23,24)15-9-10-17(21)16(13-15)19-18(22)8-6-5-7-14-11-12-25-26-14/h9-10,13-14,21H,3-8,11-12H2,1-2H3,(H,19,22). The van der Waals surface area contributed by atoms with Crippen molar-refractivity contribution >= 4 is 43.2 Å². The van der Waals surface area contributed by atoms with E-state index >= 15 is 0 Å². The van der Waals surface area contributed by atoms with Gasteiger partial charge in [0.25, 0.3) is 0 Å². The molecule has 1 aromatic rings. The normalized spacial score (nSPS) is 17.4. The highest BCUT2D eigenvalue weighted by molar-refractivity contribution is 8.77. The van der Waals surface area contributed by atoms with Crippen LogP contribution in [0, 0.1) is 0 Å². The fraction of sp³-hybridized carbons (Fsp3) is 0.611. The van der Waals surface area contributed by atoms with E-state index in [-0.39, 0.29) is 22.2 Å². The number of amides is 1. The van der Waals surface area contributed by atoms with Crippen molar-refractivity contribution < 1.29 is 18.3 Å². The van der Waals surface area contributed by atoms with Crippen LogP contribution in [0.1, 0.15) is 46.0 Å². The third-order valence-corrected chi connectivity index (χ3v) is 9.55. The molecule has 1 aliphatic heterocycles. The van der Waals surface area contributed by atoms with Crippen LogP contribution in [0.15, 0.2) is 23.1 Å². The van der Waals surface area contributed by atoms with E-state index in [0.29, 0.717) is 24.8 Å². The first-order valence-electron chi connectivity index (χ1n) is 9.29. The minimum atomic E-state index is -3.64. The number of nitrogens with one attached hydrogen (secondary N) is 1. The number of hydrogen-bond acceptors (Lipinski definition) is 6. The number of phenolic OH excluding ortho intramolecular Hbond substituents is 1. The molecule has 0 spiro atoms. The highest BCUT2D eigenvalue weighted by Gasteiger charge is 2.23. The monoisotopic (exact) mass is 432 g/mol. The molecule has 1 saturated heterocycles. The maximum atomic E-state index is 12.6. The summed E-state index contributed by atoms with van der Waals surface area (Å²) in [5.74, 6) is 0.860. The molecule has 0 radical (unpaired) electrons. The lowest BCUT2D eigenvalue weighted by Gasteiger charge is -2.19. The smallest absolute Gasteiger partial charge is 0.243 e. The molecule has 1 heterocycles. The van der Waals surface area contributed by atoms with Crippen molar-refractivity contribution in [1.29, 1.82) is 0 Å². The second kappa shape index (κ2) is 10.6. The van der Waals surface area contributed by atoms with Gasteiger partial charge >= 0.3 is 0 Å². The van der Waals surface area contributed by atoms with E-state index in [4.69, 9.17) is 0 Å². The van der Waals surface area contributed by atoms with Gasteiger partial charge in [0.05, 0.1) is 10.6 Å². The molecule has 1 aliphatic rings. The van der Waals surface area contributed by atoms with E-state index in [9.17, 15) is 18.3 Å². The largest absolute Gasteiger partial charge is 0.506 e. The average Bonchev–Trinajstić information content (AvgIpc) is 3.15. The molecular weight excluding hydrogens is 404 g/mol. The van der Waals surface area contributed by atoms with Crippen molar-refractivity contribution in [1.82, 2.24) is 4.31 Å². The van der Waals surface area contributed by atoms with E-state index in [1.165, 1.54) is 34.7 Å². The predicted molar refractivity (Wildman–Crippen MR) is 114 cm³/mol. The van der Waals surface area contributed by atoms with Gasteiger partial charge < -0.3 is 10.4 Å². The summed E-state index contributed by atoms with van der Waals surface area (Å²) < 4.78 is 26.6. The van der Waals surface area contributed by atoms with Gasteiger partial charge in [0.1, 0.15) is 5.75 Å². The summed E-state index contributed by atoms with van der Waals surface area (Å²) in [5, 5.41) is 13.3. The fourth-order valence-electron chi connectivity index (χ4n) is 2.92. The molecule has 27 heavy (non-hydrogen) atoms. The summed E-state index contributed by atoms with van der Waals surface area (Å²) in [4.78, 5) is 12.2. The molecule has 9 heteroatoms. The molecule has 0 bridgehead atoms. The number of unbranched alkanes of at least 4 members (excludes halogenated alkanes) is 1. The van der Waals surface area contributed by atoms with Gasteiger partial charge in [-0.25, -0.2) is 8.42 Å². The van der Waals surface area contributed by atoms with Crippen LogP contribution < -0.4 is 5.32 Å². The zero-order valence-corrected chi connectivity index (χ0v) is 18.3. The molecule has 152 valence electrons. The quantitative estimate of drug-likeness (QED) is 0.329. The number of hydrogen-bond donors (Lipinski definition) is 2. The predicted octanol–water partition coefficient (Wildman–Crippen LogP) is 4.08. The lowest BCUT2D eigenvalue weighted by molar-refractivity contribution is -0.116. The van der Waals surface area contributed by atoms with Crippen LogP contribution >= 0.6 is 21.6 Å². The third kappa shape index (κ3) is 6.30. The Labute approximate surface area is 169 Å². The molecule has 1 amide bonds. The highest BCUT2D eigenvalue weighted by atomic mass is 33.1. The first-order valence-corrected chi connectivity index (χ1v) is 13.1. The van der Waals surface area contributed by atoms with Crippen LogP contribution in [0.2, 0.25) is 0 Å². The van der Waals surface area contributed by atoms with Crippen LogP contribution in [0.5, 0.6) is 5.75 Å². The van der Waals surface area contributed by atoms with Crippen molar-refractivity contribution in [3.8, 4) is 5.75 Å². The fourth-order valence-corrected chi connectivity index (χ4v) is 7.44. The zero-order chi connectivity index (χ0) is 19.9. The second-order valence-electron chi connectivity index (χ2n) is 6.39. The first kappa shape index (κ1) is 22.4. The van der Waals surface area contributed by atoms with Gasteiger partial charge in [0, 0.05) is 30.5 Å². The summed E-state index contributed by atoms with van der Waals surface area (Å²) in [5.41, 5.74) is 0.135. The summed E-state index contributed by atoms with van der Waals surface area (Å²) in [7, 11) is 0.213. The maximum Gasteiger partial charge on any atom is 0.243 e. The molecule has 1 fully saturated rings. The average molecular weight is 433 g/mol. The van der Waals surface area contributed by atoms with Gasteiger partial charge in [-0.15, -0.1) is 0 Å². The number of anilines is 1. The van der Waals surface area contributed by atoms with E-state index in [1.807, 2.05) is 21.6 Å². The summed E-state index contributed by atoms with van der Waals surface area (Å²) in [6.45, 7) is 4.26. The van der Waals surface area contributed by atoms with Crippen molar-refractivity contribution in [2.75, 3.05) is 24.2 Å². The topological polar surface area (TPSA) is 86.7 Å². The zero-order valence-electron chi connectivity index (χ0n) is 15.8. The number of rotatable bonds is 10. The van der Waals surface area contributed by atoms with E-state index < -0.39 is 10.0 Å². The van der Waals surface area contributed by atoms with E-state index in [0.717, 1.165) is 19.3 Å². The summed E-state index contributed by atoms with van der Waals surface area (Å²) in [6, 6.07) is 3.99. The van der Waals surface area contributed by atoms with Gasteiger partial charge in [0.15, 0.2) is 0 Å². The lowest BCUT2D eigenvalue weighted by Crippen LogP contribution is -2.30. The second-order valence-corrected chi connectivity index (χ2v) is 11.1. The van der Waals surface area contributed by atoms with Crippen molar-refractivity contribution in [2.45, 2.75) is 56.1 Å². The number of carbonyl (C=O) groups excluding carboxylic acids is 1. The molecule has 0 aromatic heterocycles. The third-order valence-electron chi connectivity index (χ3n) is 4.49. The van der Waals surface area contributed by atoms with Crippen molar-refractivity contribution in [2.24, 2.45) is 0 Å². The number of nitrogens with zero attached hydrogens (tertiary/aromatic N) is 1. The number of carbonyl (C=O) groups is 1. The molecule has 2 N–H and O–H groups in total. The molecule has 6 nitrogen and oxygen atoms in total. The molecule has 1 unspecified atom stereocenters. The molecular formula is C18H28N2O4S3. The lowest BCUT2D eigenvalue weighted by atomic mass is 10.1. The first-order chi connectivity index (χ1) is 12.9. The van der Waals surface area contributed by atoms with Crippen molar-refractivity contribution in [3.63, 3.8) is 0 Å². The molecule has 1 atom stereocenters. The summed E-state index contributed by atoms with van der Waals surface area (Å²) in [6.07, 6.45) is 4.49. The van der Waals surface area contributed by atoms with Crippen LogP contribution in [-0.2, 0) is 14.8 Å². The van der Waals surface area contributed by atoms with Gasteiger partial charge in [-0.05, 0) is 37.5 Å². The van der Waals surface area contributed by atoms with Gasteiger partial charge in [0.2, 0.25) is 15.9 Å². The van der Waals surface area contributed by atoms with Crippen LogP contribution in [0.3, 0.4) is 0 Å². The minimum absolute atomic E-state index is 0.0649. The number of benzene rings is 1. The maximum absolute atomic E-state index is 12.6. The Bertz CT molecular complexity index is 730. The van der Waals surface area contributed by atoms with E-state index in [2.05, 4.69) is 5.32 Å². The Morgan fingerprint density at radius 2 is 2.04 bits per heavy atom. The molecule has 1 aromatic carbocycles. The molecule has 2 rings (SSSR count). The molecule has 0 saturated carbocycles. The van der Waals surface area contributed by atoms with Gasteiger partial charge in [-0.1, -0.05) is 41.9 Å². The van der Waals surface area contributed by atoms with E-state index in [1.54, 1.807) is 13.8 Å².